The van der Waals surface area contributed by atoms with Gasteiger partial charge in [0.25, 0.3) is 0 Å². The minimum atomic E-state index is 0.333. The van der Waals surface area contributed by atoms with E-state index < -0.39 is 0 Å². The second kappa shape index (κ2) is 7.87. The normalized spacial score (nSPS) is 15.3. The molecular weight excluding hydrogens is 256 g/mol. The molecule has 0 aliphatic heterocycles. The average Bonchev–Trinajstić information content (AvgIpc) is 2.96. The zero-order valence-corrected chi connectivity index (χ0v) is 12.4. The summed E-state index contributed by atoms with van der Waals surface area (Å²) >= 11 is 0. The van der Waals surface area contributed by atoms with E-state index >= 15 is 0 Å². The van der Waals surface area contributed by atoms with E-state index in [1.165, 1.54) is 25.7 Å². The first-order chi connectivity index (χ1) is 9.81. The van der Waals surface area contributed by atoms with Gasteiger partial charge < -0.3 is 14.8 Å². The second-order valence-corrected chi connectivity index (χ2v) is 5.06. The van der Waals surface area contributed by atoms with Crippen LogP contribution in [-0.4, -0.2) is 34.7 Å². The van der Waals surface area contributed by atoms with E-state index in [1.54, 1.807) is 0 Å². The fourth-order valence-electron chi connectivity index (χ4n) is 2.27. The molecule has 1 aromatic heterocycles. The molecule has 0 spiro atoms. The number of ether oxygens (including phenoxy) is 2. The molecule has 20 heavy (non-hydrogen) atoms. The van der Waals surface area contributed by atoms with Gasteiger partial charge in [0, 0.05) is 6.54 Å². The van der Waals surface area contributed by atoms with Crippen LogP contribution in [0.1, 0.15) is 46.0 Å². The molecule has 1 fully saturated rings. The van der Waals surface area contributed by atoms with Gasteiger partial charge in [0.05, 0.1) is 13.2 Å². The molecule has 112 valence electrons. The highest BCUT2D eigenvalue weighted by molar-refractivity contribution is 5.27. The van der Waals surface area contributed by atoms with Gasteiger partial charge in [0.2, 0.25) is 5.95 Å². The number of hydrogen-bond donors (Lipinski definition) is 1. The van der Waals surface area contributed by atoms with Crippen molar-refractivity contribution in [2.75, 3.05) is 25.1 Å². The Labute approximate surface area is 120 Å². The van der Waals surface area contributed by atoms with E-state index in [1.807, 2.05) is 13.8 Å². The molecule has 1 aromatic rings. The van der Waals surface area contributed by atoms with Gasteiger partial charge in [-0.15, -0.1) is 4.98 Å². The molecule has 6 heteroatoms. The van der Waals surface area contributed by atoms with Gasteiger partial charge in [-0.05, 0) is 32.1 Å². The lowest BCUT2D eigenvalue weighted by atomic mass is 10.1. The van der Waals surface area contributed by atoms with Crippen molar-refractivity contribution >= 4 is 5.95 Å². The Morgan fingerprint density at radius 3 is 2.40 bits per heavy atom. The van der Waals surface area contributed by atoms with Crippen LogP contribution in [0.3, 0.4) is 0 Å². The molecule has 1 saturated carbocycles. The van der Waals surface area contributed by atoms with Gasteiger partial charge in [-0.25, -0.2) is 0 Å². The molecular formula is C14H24N4O2. The van der Waals surface area contributed by atoms with E-state index in [2.05, 4.69) is 20.3 Å². The van der Waals surface area contributed by atoms with Gasteiger partial charge in [-0.2, -0.15) is 9.97 Å². The van der Waals surface area contributed by atoms with Crippen LogP contribution in [0, 0.1) is 5.92 Å². The fraction of sp³-hybridized carbons (Fsp3) is 0.786. The van der Waals surface area contributed by atoms with Crippen LogP contribution in [0.4, 0.5) is 5.95 Å². The van der Waals surface area contributed by atoms with Crippen LogP contribution < -0.4 is 14.8 Å². The van der Waals surface area contributed by atoms with E-state index in [9.17, 15) is 0 Å². The maximum Gasteiger partial charge on any atom is 0.324 e. The van der Waals surface area contributed by atoms with Gasteiger partial charge in [0.15, 0.2) is 0 Å². The summed E-state index contributed by atoms with van der Waals surface area (Å²) in [6.45, 7) is 6.07. The second-order valence-electron chi connectivity index (χ2n) is 5.06. The molecule has 1 N–H and O–H groups in total. The van der Waals surface area contributed by atoms with Gasteiger partial charge >= 0.3 is 12.0 Å². The summed E-state index contributed by atoms with van der Waals surface area (Å²) in [4.78, 5) is 12.7. The molecule has 0 aromatic carbocycles. The Bertz CT molecular complexity index is 408. The first-order valence-corrected chi connectivity index (χ1v) is 7.57. The SMILES string of the molecule is CCCOc1nc(NCC)nc(OCC2CCCC2)n1. The lowest BCUT2D eigenvalue weighted by molar-refractivity contribution is 0.224. The van der Waals surface area contributed by atoms with Crippen molar-refractivity contribution < 1.29 is 9.47 Å². The maximum atomic E-state index is 5.72. The summed E-state index contributed by atoms with van der Waals surface area (Å²) in [5, 5.41) is 3.07. The zero-order chi connectivity index (χ0) is 14.2. The zero-order valence-electron chi connectivity index (χ0n) is 12.4. The minimum Gasteiger partial charge on any atom is -0.463 e. The molecule has 0 saturated heterocycles. The van der Waals surface area contributed by atoms with Gasteiger partial charge in [-0.3, -0.25) is 0 Å². The first kappa shape index (κ1) is 14.8. The third kappa shape index (κ3) is 4.51. The molecule has 2 rings (SSSR count). The lowest BCUT2D eigenvalue weighted by Gasteiger charge is -2.11. The van der Waals surface area contributed by atoms with Crippen LogP contribution in [0.2, 0.25) is 0 Å². The summed E-state index contributed by atoms with van der Waals surface area (Å²) in [6, 6.07) is 0.688. The Morgan fingerprint density at radius 1 is 1.05 bits per heavy atom. The standard InChI is InChI=1S/C14H24N4O2/c1-3-9-19-13-16-12(15-4-2)17-14(18-13)20-10-11-7-5-6-8-11/h11H,3-10H2,1-2H3,(H,15,16,17,18). The van der Waals surface area contributed by atoms with Crippen LogP contribution in [0.25, 0.3) is 0 Å². The van der Waals surface area contributed by atoms with Gasteiger partial charge in [0.1, 0.15) is 0 Å². The molecule has 0 bridgehead atoms. The molecule has 0 radical (unpaired) electrons. The van der Waals surface area contributed by atoms with E-state index in [0.29, 0.717) is 37.1 Å². The van der Waals surface area contributed by atoms with Crippen molar-refractivity contribution in [3.63, 3.8) is 0 Å². The average molecular weight is 280 g/mol. The van der Waals surface area contributed by atoms with Crippen LogP contribution in [0.15, 0.2) is 0 Å². The summed E-state index contributed by atoms with van der Waals surface area (Å²) in [5.41, 5.74) is 0. The van der Waals surface area contributed by atoms with Crippen molar-refractivity contribution in [3.05, 3.63) is 0 Å². The predicted octanol–water partition coefficient (Wildman–Crippen LogP) is 2.66. The molecule has 0 amide bonds. The molecule has 1 aliphatic carbocycles. The van der Waals surface area contributed by atoms with Crippen LogP contribution >= 0.6 is 0 Å². The molecule has 1 heterocycles. The summed E-state index contributed by atoms with van der Waals surface area (Å²) in [7, 11) is 0. The smallest absolute Gasteiger partial charge is 0.324 e. The van der Waals surface area contributed by atoms with Crippen molar-refractivity contribution in [2.45, 2.75) is 46.0 Å². The molecule has 1 aliphatic rings. The van der Waals surface area contributed by atoms with Crippen molar-refractivity contribution in [1.82, 2.24) is 15.0 Å². The number of nitrogens with zero attached hydrogens (tertiary/aromatic N) is 3. The molecule has 0 atom stereocenters. The van der Waals surface area contributed by atoms with Crippen molar-refractivity contribution in [3.8, 4) is 12.0 Å². The van der Waals surface area contributed by atoms with E-state index in [4.69, 9.17) is 9.47 Å². The first-order valence-electron chi connectivity index (χ1n) is 7.57. The summed E-state index contributed by atoms with van der Waals surface area (Å²) in [5.74, 6) is 1.14. The topological polar surface area (TPSA) is 69.2 Å². The highest BCUT2D eigenvalue weighted by Crippen LogP contribution is 2.25. The Morgan fingerprint density at radius 2 is 1.75 bits per heavy atom. The predicted molar refractivity (Wildman–Crippen MR) is 77.2 cm³/mol. The maximum absolute atomic E-state index is 5.72. The molecule has 0 unspecified atom stereocenters. The number of aromatic nitrogens is 3. The monoisotopic (exact) mass is 280 g/mol. The fourth-order valence-corrected chi connectivity index (χ4v) is 2.27. The largest absolute Gasteiger partial charge is 0.463 e. The highest BCUT2D eigenvalue weighted by atomic mass is 16.5. The molecule has 6 nitrogen and oxygen atoms in total. The summed E-state index contributed by atoms with van der Waals surface area (Å²) in [6.07, 6.45) is 6.01. The highest BCUT2D eigenvalue weighted by Gasteiger charge is 2.17. The number of rotatable bonds is 8. The van der Waals surface area contributed by atoms with Crippen LogP contribution in [-0.2, 0) is 0 Å². The number of hydrogen-bond acceptors (Lipinski definition) is 6. The Kier molecular flexibility index (Phi) is 5.83. The quantitative estimate of drug-likeness (QED) is 0.789. The van der Waals surface area contributed by atoms with Gasteiger partial charge in [-0.1, -0.05) is 19.8 Å². The summed E-state index contributed by atoms with van der Waals surface area (Å²) < 4.78 is 11.2. The Hall–Kier alpha value is -1.59. The lowest BCUT2D eigenvalue weighted by Crippen LogP contribution is -2.13. The van der Waals surface area contributed by atoms with Crippen molar-refractivity contribution in [2.24, 2.45) is 5.92 Å². The van der Waals surface area contributed by atoms with E-state index in [-0.39, 0.29) is 0 Å². The van der Waals surface area contributed by atoms with E-state index in [0.717, 1.165) is 13.0 Å². The number of nitrogens with one attached hydrogen (secondary N) is 1. The third-order valence-electron chi connectivity index (χ3n) is 3.29. The minimum absolute atomic E-state index is 0.333. The van der Waals surface area contributed by atoms with Crippen LogP contribution in [0.5, 0.6) is 12.0 Å². The number of anilines is 1. The third-order valence-corrected chi connectivity index (χ3v) is 3.29. The Balaban J connectivity index is 1.98. The van der Waals surface area contributed by atoms with Crippen molar-refractivity contribution in [1.29, 1.82) is 0 Å².